The standard InChI is InChI=1S/C12H10ClN5O5S2/c13-3-1-24-10-6(9(20)18(10)7(3)11(21)22)16-8(19)5(17-23)4-2-25-12(14)15-4/h2,6,10,23H,1H2,(H2,14,15)(H,16,19)(H,21,22)/t6?,10-/m1/s1. The number of nitrogens with zero attached hydrogens (tertiary/aromatic N) is 3. The lowest BCUT2D eigenvalue weighted by Crippen LogP contribution is -2.70. The molecule has 2 amide bonds. The average Bonchev–Trinajstić information content (AvgIpc) is 2.98. The van der Waals surface area contributed by atoms with Crippen LogP contribution in [0, 0.1) is 0 Å². The Balaban J connectivity index is 1.76. The van der Waals surface area contributed by atoms with Gasteiger partial charge in [-0.05, 0) is 0 Å². The molecule has 1 saturated heterocycles. The molecule has 1 aromatic rings. The van der Waals surface area contributed by atoms with Crippen LogP contribution in [0.3, 0.4) is 0 Å². The van der Waals surface area contributed by atoms with Crippen molar-refractivity contribution in [3.05, 3.63) is 21.8 Å². The van der Waals surface area contributed by atoms with Crippen molar-refractivity contribution in [2.24, 2.45) is 5.16 Å². The number of fused-ring (bicyclic) bond motifs is 1. The Morgan fingerprint density at radius 3 is 2.80 bits per heavy atom. The normalized spacial score (nSPS) is 23.2. The summed E-state index contributed by atoms with van der Waals surface area (Å²) in [5.41, 5.74) is 4.86. The molecule has 25 heavy (non-hydrogen) atoms. The van der Waals surface area contributed by atoms with Crippen LogP contribution in [-0.2, 0) is 14.4 Å². The summed E-state index contributed by atoms with van der Waals surface area (Å²) in [6, 6.07) is -0.968. The van der Waals surface area contributed by atoms with Crippen LogP contribution in [0.25, 0.3) is 0 Å². The van der Waals surface area contributed by atoms with Gasteiger partial charge in [-0.2, -0.15) is 0 Å². The Morgan fingerprint density at radius 2 is 2.24 bits per heavy atom. The Morgan fingerprint density at radius 1 is 1.52 bits per heavy atom. The van der Waals surface area contributed by atoms with Gasteiger partial charge in [0, 0.05) is 11.1 Å². The number of rotatable bonds is 4. The second-order valence-electron chi connectivity index (χ2n) is 4.94. The SMILES string of the molecule is Nc1nc(C(=NO)C(=O)NC2C(=O)N3C(C(=O)O)=C(Cl)CS[C@H]23)cs1. The van der Waals surface area contributed by atoms with E-state index in [-0.39, 0.29) is 27.3 Å². The van der Waals surface area contributed by atoms with Crippen LogP contribution < -0.4 is 11.1 Å². The molecule has 13 heteroatoms. The number of carbonyl (C=O) groups is 3. The Kier molecular flexibility index (Phi) is 4.58. The first-order valence-electron chi connectivity index (χ1n) is 6.66. The molecule has 2 atom stereocenters. The topological polar surface area (TPSA) is 158 Å². The molecule has 5 N–H and O–H groups in total. The first-order chi connectivity index (χ1) is 11.8. The number of carboxylic acids is 1. The molecule has 0 spiro atoms. The quantitative estimate of drug-likeness (QED) is 0.233. The number of aromatic nitrogens is 1. The molecule has 0 bridgehead atoms. The molecule has 132 valence electrons. The van der Waals surface area contributed by atoms with E-state index >= 15 is 0 Å². The van der Waals surface area contributed by atoms with E-state index in [0.717, 1.165) is 16.2 Å². The first kappa shape index (κ1) is 17.5. The Hall–Kier alpha value is -2.31. The van der Waals surface area contributed by atoms with Gasteiger partial charge in [0.05, 0.1) is 5.03 Å². The van der Waals surface area contributed by atoms with Crippen molar-refractivity contribution in [2.45, 2.75) is 11.4 Å². The highest BCUT2D eigenvalue weighted by atomic mass is 35.5. The van der Waals surface area contributed by atoms with Gasteiger partial charge in [0.1, 0.15) is 22.8 Å². The number of halogens is 1. The summed E-state index contributed by atoms with van der Waals surface area (Å²) < 4.78 is 0. The Labute approximate surface area is 153 Å². The lowest BCUT2D eigenvalue weighted by atomic mass is 10.0. The van der Waals surface area contributed by atoms with Crippen LogP contribution in [0.4, 0.5) is 5.13 Å². The third-order valence-electron chi connectivity index (χ3n) is 3.49. The molecule has 3 heterocycles. The highest BCUT2D eigenvalue weighted by Gasteiger charge is 2.54. The van der Waals surface area contributed by atoms with Gasteiger partial charge in [-0.25, -0.2) is 9.78 Å². The zero-order valence-electron chi connectivity index (χ0n) is 12.2. The number of thioether (sulfide) groups is 1. The summed E-state index contributed by atoms with van der Waals surface area (Å²) in [7, 11) is 0. The number of hydrogen-bond donors (Lipinski definition) is 4. The average molecular weight is 404 g/mol. The number of anilines is 1. The van der Waals surface area contributed by atoms with E-state index in [9.17, 15) is 19.5 Å². The van der Waals surface area contributed by atoms with Gasteiger partial charge in [-0.15, -0.1) is 23.1 Å². The minimum Gasteiger partial charge on any atom is -0.477 e. The van der Waals surface area contributed by atoms with Crippen molar-refractivity contribution in [1.29, 1.82) is 0 Å². The number of β-lactam (4-membered cyclic amide) rings is 1. The number of nitrogens with one attached hydrogen (secondary N) is 1. The molecule has 2 aliphatic heterocycles. The summed E-state index contributed by atoms with van der Waals surface area (Å²) in [4.78, 5) is 40.7. The van der Waals surface area contributed by atoms with Crippen LogP contribution in [-0.4, -0.2) is 60.9 Å². The molecule has 3 rings (SSSR count). The second kappa shape index (κ2) is 6.54. The lowest BCUT2D eigenvalue weighted by molar-refractivity contribution is -0.150. The fraction of sp³-hybridized carbons (Fsp3) is 0.250. The predicted octanol–water partition coefficient (Wildman–Crippen LogP) is -0.161. The molecule has 1 unspecified atom stereocenters. The molecule has 0 saturated carbocycles. The van der Waals surface area contributed by atoms with Crippen LogP contribution in [0.5, 0.6) is 0 Å². The van der Waals surface area contributed by atoms with Gasteiger partial charge in [-0.3, -0.25) is 14.5 Å². The maximum atomic E-state index is 12.3. The van der Waals surface area contributed by atoms with E-state index in [4.69, 9.17) is 22.5 Å². The molecule has 1 fully saturated rings. The van der Waals surface area contributed by atoms with E-state index < -0.39 is 34.9 Å². The largest absolute Gasteiger partial charge is 0.477 e. The molecule has 1 aromatic heterocycles. The van der Waals surface area contributed by atoms with Gasteiger partial charge in [0.25, 0.3) is 11.8 Å². The maximum Gasteiger partial charge on any atom is 0.353 e. The number of nitrogen functional groups attached to an aromatic ring is 1. The highest BCUT2D eigenvalue weighted by molar-refractivity contribution is 8.00. The minimum absolute atomic E-state index is 0.0578. The number of carbonyl (C=O) groups excluding carboxylic acids is 2. The summed E-state index contributed by atoms with van der Waals surface area (Å²) in [5.74, 6) is -2.56. The van der Waals surface area contributed by atoms with Crippen molar-refractivity contribution in [3.8, 4) is 0 Å². The van der Waals surface area contributed by atoms with E-state index in [1.807, 2.05) is 0 Å². The smallest absolute Gasteiger partial charge is 0.353 e. The number of hydrogen-bond acceptors (Lipinski definition) is 9. The predicted molar refractivity (Wildman–Crippen MR) is 90.4 cm³/mol. The number of amides is 2. The van der Waals surface area contributed by atoms with Crippen molar-refractivity contribution in [1.82, 2.24) is 15.2 Å². The minimum atomic E-state index is -1.32. The van der Waals surface area contributed by atoms with Crippen LogP contribution in [0.2, 0.25) is 0 Å². The summed E-state index contributed by atoms with van der Waals surface area (Å²) >= 11 is 8.14. The van der Waals surface area contributed by atoms with E-state index in [2.05, 4.69) is 15.5 Å². The van der Waals surface area contributed by atoms with E-state index in [1.165, 1.54) is 17.1 Å². The summed E-state index contributed by atoms with van der Waals surface area (Å²) in [6.07, 6.45) is 0. The van der Waals surface area contributed by atoms with Crippen LogP contribution in [0.15, 0.2) is 21.3 Å². The third-order valence-corrected chi connectivity index (χ3v) is 5.92. The maximum absolute atomic E-state index is 12.3. The molecule has 2 aliphatic rings. The monoisotopic (exact) mass is 403 g/mol. The van der Waals surface area contributed by atoms with Crippen molar-refractivity contribution >= 4 is 63.3 Å². The van der Waals surface area contributed by atoms with Gasteiger partial charge in [0.15, 0.2) is 10.8 Å². The zero-order valence-corrected chi connectivity index (χ0v) is 14.6. The number of aliphatic carboxylic acids is 1. The van der Waals surface area contributed by atoms with Crippen molar-refractivity contribution in [2.75, 3.05) is 11.5 Å². The summed E-state index contributed by atoms with van der Waals surface area (Å²) in [6.45, 7) is 0. The molecular weight excluding hydrogens is 394 g/mol. The van der Waals surface area contributed by atoms with Crippen LogP contribution in [0.1, 0.15) is 5.69 Å². The molecule has 10 nitrogen and oxygen atoms in total. The van der Waals surface area contributed by atoms with Crippen molar-refractivity contribution < 1.29 is 24.7 Å². The van der Waals surface area contributed by atoms with E-state index in [1.54, 1.807) is 0 Å². The summed E-state index contributed by atoms with van der Waals surface area (Å²) in [5, 5.41) is 24.6. The molecule has 0 aliphatic carbocycles. The zero-order chi connectivity index (χ0) is 18.3. The molecular formula is C12H10ClN5O5S2. The van der Waals surface area contributed by atoms with Crippen molar-refractivity contribution in [3.63, 3.8) is 0 Å². The highest BCUT2D eigenvalue weighted by Crippen LogP contribution is 2.41. The molecule has 0 radical (unpaired) electrons. The lowest BCUT2D eigenvalue weighted by Gasteiger charge is -2.48. The fourth-order valence-electron chi connectivity index (χ4n) is 2.40. The van der Waals surface area contributed by atoms with Gasteiger partial charge in [0.2, 0.25) is 0 Å². The van der Waals surface area contributed by atoms with Gasteiger partial charge < -0.3 is 21.4 Å². The molecule has 0 aromatic carbocycles. The van der Waals surface area contributed by atoms with Crippen LogP contribution >= 0.6 is 34.7 Å². The van der Waals surface area contributed by atoms with Gasteiger partial charge in [-0.1, -0.05) is 16.8 Å². The number of thiazole rings is 1. The Bertz CT molecular complexity index is 838. The number of oxime groups is 1. The second-order valence-corrected chi connectivity index (χ2v) is 7.39. The third kappa shape index (κ3) is 2.92. The first-order valence-corrected chi connectivity index (χ1v) is 8.96. The van der Waals surface area contributed by atoms with E-state index in [0.29, 0.717) is 0 Å². The number of nitrogens with two attached hydrogens (primary N) is 1. The van der Waals surface area contributed by atoms with Gasteiger partial charge >= 0.3 is 5.97 Å². The fourth-order valence-corrected chi connectivity index (χ4v) is 4.50. The number of carboxylic acid groups (broad SMARTS) is 1.